The standard InChI is InChI=1S/C23H32N4O2/c1-17(26-14-12-25(2)13-15-26)22(28)27-10-8-23(9-11-27)21-19(7-16-29-23)18-5-3-4-6-20(18)24-21/h3-6,17,24H,7-16H2,1-2H3. The van der Waals surface area contributed by atoms with E-state index in [0.29, 0.717) is 0 Å². The van der Waals surface area contributed by atoms with E-state index in [4.69, 9.17) is 4.74 Å². The van der Waals surface area contributed by atoms with E-state index in [1.165, 1.54) is 22.2 Å². The number of benzene rings is 1. The molecule has 1 N–H and O–H groups in total. The van der Waals surface area contributed by atoms with E-state index in [1.54, 1.807) is 0 Å². The van der Waals surface area contributed by atoms with Gasteiger partial charge in [-0.1, -0.05) is 18.2 Å². The van der Waals surface area contributed by atoms with E-state index >= 15 is 0 Å². The van der Waals surface area contributed by atoms with Crippen molar-refractivity contribution in [2.45, 2.75) is 37.8 Å². The van der Waals surface area contributed by atoms with Gasteiger partial charge in [0.05, 0.1) is 18.3 Å². The van der Waals surface area contributed by atoms with Gasteiger partial charge in [0.15, 0.2) is 0 Å². The fourth-order valence-corrected chi connectivity index (χ4v) is 5.38. The molecule has 29 heavy (non-hydrogen) atoms. The van der Waals surface area contributed by atoms with Gasteiger partial charge in [0.2, 0.25) is 5.91 Å². The Kier molecular flexibility index (Phi) is 4.88. The third-order valence-corrected chi connectivity index (χ3v) is 7.33. The summed E-state index contributed by atoms with van der Waals surface area (Å²) >= 11 is 0. The van der Waals surface area contributed by atoms with Crippen molar-refractivity contribution in [2.75, 3.05) is 52.9 Å². The first-order valence-electron chi connectivity index (χ1n) is 11.0. The number of nitrogens with one attached hydrogen (secondary N) is 1. The number of rotatable bonds is 2. The lowest BCUT2D eigenvalue weighted by Crippen LogP contribution is -2.56. The molecule has 0 bridgehead atoms. The third-order valence-electron chi connectivity index (χ3n) is 7.33. The summed E-state index contributed by atoms with van der Waals surface area (Å²) in [5, 5.41) is 1.33. The highest BCUT2D eigenvalue weighted by Gasteiger charge is 2.44. The Morgan fingerprint density at radius 1 is 1.10 bits per heavy atom. The van der Waals surface area contributed by atoms with Crippen LogP contribution < -0.4 is 0 Å². The Labute approximate surface area is 172 Å². The highest BCUT2D eigenvalue weighted by Crippen LogP contribution is 2.43. The number of fused-ring (bicyclic) bond motifs is 4. The molecule has 2 fully saturated rings. The molecule has 1 amide bonds. The quantitative estimate of drug-likeness (QED) is 0.846. The average molecular weight is 397 g/mol. The van der Waals surface area contributed by atoms with Crippen LogP contribution >= 0.6 is 0 Å². The normalized spacial score (nSPS) is 24.0. The van der Waals surface area contributed by atoms with E-state index in [9.17, 15) is 4.79 Å². The van der Waals surface area contributed by atoms with Gasteiger partial charge in [0.25, 0.3) is 0 Å². The molecule has 1 aromatic heterocycles. The van der Waals surface area contributed by atoms with Gasteiger partial charge in [-0.15, -0.1) is 0 Å². The number of carbonyl (C=O) groups excluding carboxylic acids is 1. The molecule has 0 aliphatic carbocycles. The van der Waals surface area contributed by atoms with Crippen LogP contribution in [0.3, 0.4) is 0 Å². The van der Waals surface area contributed by atoms with E-state index in [-0.39, 0.29) is 17.6 Å². The number of hydrogen-bond acceptors (Lipinski definition) is 4. The summed E-state index contributed by atoms with van der Waals surface area (Å²) in [6, 6.07) is 8.52. The maximum absolute atomic E-state index is 13.2. The summed E-state index contributed by atoms with van der Waals surface area (Å²) in [4.78, 5) is 23.5. The minimum Gasteiger partial charge on any atom is -0.368 e. The van der Waals surface area contributed by atoms with Crippen LogP contribution in [0.4, 0.5) is 0 Å². The number of likely N-dealkylation sites (tertiary alicyclic amines) is 1. The molecule has 0 saturated carbocycles. The summed E-state index contributed by atoms with van der Waals surface area (Å²) in [6.07, 6.45) is 2.70. The highest BCUT2D eigenvalue weighted by atomic mass is 16.5. The number of aromatic nitrogens is 1. The summed E-state index contributed by atoms with van der Waals surface area (Å²) in [5.74, 6) is 0.275. The maximum Gasteiger partial charge on any atom is 0.239 e. The first kappa shape index (κ1) is 19.1. The SMILES string of the molecule is CC(C(=O)N1CCC2(CC1)OCCc1c2[nH]c2ccccc12)N1CCN(C)CC1. The molecule has 156 valence electrons. The van der Waals surface area contributed by atoms with Crippen LogP contribution in [0, 0.1) is 0 Å². The molecule has 1 unspecified atom stereocenters. The Morgan fingerprint density at radius 3 is 2.59 bits per heavy atom. The Morgan fingerprint density at radius 2 is 1.83 bits per heavy atom. The maximum atomic E-state index is 13.2. The van der Waals surface area contributed by atoms with Crippen molar-refractivity contribution in [1.82, 2.24) is 19.7 Å². The summed E-state index contributed by atoms with van der Waals surface area (Å²) < 4.78 is 6.39. The van der Waals surface area contributed by atoms with Gasteiger partial charge in [0, 0.05) is 50.2 Å². The molecule has 4 heterocycles. The smallest absolute Gasteiger partial charge is 0.239 e. The summed E-state index contributed by atoms with van der Waals surface area (Å²) in [6.45, 7) is 8.41. The second kappa shape index (κ2) is 7.42. The summed E-state index contributed by atoms with van der Waals surface area (Å²) in [5.41, 5.74) is 3.60. The van der Waals surface area contributed by atoms with Crippen molar-refractivity contribution in [3.63, 3.8) is 0 Å². The second-order valence-electron chi connectivity index (χ2n) is 8.96. The van der Waals surface area contributed by atoms with Gasteiger partial charge in [-0.05, 0) is 44.9 Å². The molecule has 5 rings (SSSR count). The number of likely N-dealkylation sites (N-methyl/N-ethyl adjacent to an activating group) is 1. The highest BCUT2D eigenvalue weighted by molar-refractivity contribution is 5.85. The number of ether oxygens (including phenoxy) is 1. The van der Waals surface area contributed by atoms with Crippen LogP contribution in [-0.4, -0.2) is 84.6 Å². The van der Waals surface area contributed by atoms with Crippen LogP contribution in [0.1, 0.15) is 31.0 Å². The lowest BCUT2D eigenvalue weighted by molar-refractivity contribution is -0.146. The molecule has 0 radical (unpaired) electrons. The van der Waals surface area contributed by atoms with Gasteiger partial charge >= 0.3 is 0 Å². The van der Waals surface area contributed by atoms with E-state index < -0.39 is 0 Å². The molecule has 1 spiro atoms. The van der Waals surface area contributed by atoms with Crippen molar-refractivity contribution < 1.29 is 9.53 Å². The number of piperidine rings is 1. The van der Waals surface area contributed by atoms with Gasteiger partial charge in [-0.3, -0.25) is 9.69 Å². The number of nitrogens with zero attached hydrogens (tertiary/aromatic N) is 3. The zero-order valence-corrected chi connectivity index (χ0v) is 17.6. The molecular weight excluding hydrogens is 364 g/mol. The lowest BCUT2D eigenvalue weighted by atomic mass is 9.83. The second-order valence-corrected chi connectivity index (χ2v) is 8.96. The lowest BCUT2D eigenvalue weighted by Gasteiger charge is -2.45. The minimum atomic E-state index is -0.263. The predicted octanol–water partition coefficient (Wildman–Crippen LogP) is 2.19. The molecule has 1 atom stereocenters. The van der Waals surface area contributed by atoms with Crippen molar-refractivity contribution in [3.05, 3.63) is 35.5 Å². The Bertz CT molecular complexity index is 891. The first-order chi connectivity index (χ1) is 14.1. The molecule has 6 nitrogen and oxygen atoms in total. The topological polar surface area (TPSA) is 51.8 Å². The minimum absolute atomic E-state index is 0.0336. The number of piperazine rings is 1. The number of H-pyrrole nitrogens is 1. The first-order valence-corrected chi connectivity index (χ1v) is 11.0. The number of aromatic amines is 1. The van der Waals surface area contributed by atoms with Gasteiger partial charge < -0.3 is 19.5 Å². The fraction of sp³-hybridized carbons (Fsp3) is 0.609. The molecule has 1 aromatic carbocycles. The van der Waals surface area contributed by atoms with Gasteiger partial charge in [-0.25, -0.2) is 0 Å². The van der Waals surface area contributed by atoms with E-state index in [1.807, 2.05) is 0 Å². The van der Waals surface area contributed by atoms with Crippen molar-refractivity contribution >= 4 is 16.8 Å². The molecule has 3 aliphatic rings. The van der Waals surface area contributed by atoms with Crippen molar-refractivity contribution in [1.29, 1.82) is 0 Å². The van der Waals surface area contributed by atoms with Crippen LogP contribution in [0.15, 0.2) is 24.3 Å². The zero-order valence-electron chi connectivity index (χ0n) is 17.6. The number of para-hydroxylation sites is 1. The number of carbonyl (C=O) groups is 1. The average Bonchev–Trinajstić information content (AvgIpc) is 3.14. The monoisotopic (exact) mass is 396 g/mol. The van der Waals surface area contributed by atoms with Crippen LogP contribution in [0.25, 0.3) is 10.9 Å². The number of amides is 1. The largest absolute Gasteiger partial charge is 0.368 e. The summed E-state index contributed by atoms with van der Waals surface area (Å²) in [7, 11) is 2.15. The molecule has 2 aromatic rings. The molecular formula is C23H32N4O2. The zero-order chi connectivity index (χ0) is 20.0. The van der Waals surface area contributed by atoms with Crippen molar-refractivity contribution in [3.8, 4) is 0 Å². The van der Waals surface area contributed by atoms with Gasteiger partial charge in [-0.2, -0.15) is 0 Å². The molecule has 3 aliphatic heterocycles. The Hall–Kier alpha value is -1.89. The van der Waals surface area contributed by atoms with Crippen molar-refractivity contribution in [2.24, 2.45) is 0 Å². The van der Waals surface area contributed by atoms with Crippen LogP contribution in [0.2, 0.25) is 0 Å². The van der Waals surface area contributed by atoms with E-state index in [2.05, 4.69) is 57.9 Å². The predicted molar refractivity (Wildman–Crippen MR) is 114 cm³/mol. The third kappa shape index (κ3) is 3.27. The number of hydrogen-bond donors (Lipinski definition) is 1. The van der Waals surface area contributed by atoms with Gasteiger partial charge in [0.1, 0.15) is 5.60 Å². The van der Waals surface area contributed by atoms with E-state index in [0.717, 1.165) is 65.1 Å². The molecule has 2 saturated heterocycles. The molecule has 6 heteroatoms. The van der Waals surface area contributed by atoms with Crippen LogP contribution in [0.5, 0.6) is 0 Å². The van der Waals surface area contributed by atoms with Crippen LogP contribution in [-0.2, 0) is 21.6 Å². The Balaban J connectivity index is 1.30. The fourth-order valence-electron chi connectivity index (χ4n) is 5.38.